The Bertz CT molecular complexity index is 324. The van der Waals surface area contributed by atoms with Crippen LogP contribution in [0.2, 0.25) is 0 Å². The Labute approximate surface area is 83.7 Å². The van der Waals surface area contributed by atoms with E-state index in [4.69, 9.17) is 4.74 Å². The lowest BCUT2D eigenvalue weighted by Crippen LogP contribution is -2.26. The van der Waals surface area contributed by atoms with Crippen LogP contribution in [0.15, 0.2) is 18.3 Å². The van der Waals surface area contributed by atoms with Crippen molar-refractivity contribution in [2.24, 2.45) is 13.0 Å². The molecule has 1 saturated heterocycles. The summed E-state index contributed by atoms with van der Waals surface area (Å²) in [4.78, 5) is 12.0. The number of aryl methyl sites for hydroxylation is 1. The summed E-state index contributed by atoms with van der Waals surface area (Å²) in [7, 11) is 1.90. The largest absolute Gasteiger partial charge is 0.381 e. The van der Waals surface area contributed by atoms with Gasteiger partial charge in [0.25, 0.3) is 0 Å². The first-order chi connectivity index (χ1) is 6.79. The van der Waals surface area contributed by atoms with Crippen molar-refractivity contribution >= 4 is 5.78 Å². The van der Waals surface area contributed by atoms with Crippen molar-refractivity contribution in [1.29, 1.82) is 0 Å². The van der Waals surface area contributed by atoms with E-state index in [1.54, 1.807) is 0 Å². The van der Waals surface area contributed by atoms with Crippen LogP contribution in [0.1, 0.15) is 23.3 Å². The van der Waals surface area contributed by atoms with Crippen molar-refractivity contribution in [1.82, 2.24) is 4.57 Å². The van der Waals surface area contributed by atoms with Gasteiger partial charge in [0.2, 0.25) is 0 Å². The molecule has 1 unspecified atom stereocenters. The number of nitrogens with zero attached hydrogens (tertiary/aromatic N) is 1. The molecule has 0 bridgehead atoms. The molecule has 1 atom stereocenters. The van der Waals surface area contributed by atoms with Gasteiger partial charge in [0.1, 0.15) is 0 Å². The molecule has 0 N–H and O–H groups in total. The Morgan fingerprint density at radius 1 is 1.64 bits per heavy atom. The van der Waals surface area contributed by atoms with E-state index in [0.717, 1.165) is 25.1 Å². The van der Waals surface area contributed by atoms with Crippen molar-refractivity contribution in [2.45, 2.75) is 12.8 Å². The summed E-state index contributed by atoms with van der Waals surface area (Å²) in [6.07, 6.45) is 3.86. The SMILES string of the molecule is Cn1cccc1C(=O)C1CCCOC1. The van der Waals surface area contributed by atoms with Crippen molar-refractivity contribution in [3.05, 3.63) is 24.0 Å². The van der Waals surface area contributed by atoms with Crippen molar-refractivity contribution in [3.8, 4) is 0 Å². The third-order valence-electron chi connectivity index (χ3n) is 2.73. The van der Waals surface area contributed by atoms with E-state index in [2.05, 4.69) is 0 Å². The lowest BCUT2D eigenvalue weighted by atomic mass is 9.95. The highest BCUT2D eigenvalue weighted by atomic mass is 16.5. The van der Waals surface area contributed by atoms with Crippen LogP contribution in [0.25, 0.3) is 0 Å². The van der Waals surface area contributed by atoms with E-state index in [1.807, 2.05) is 29.9 Å². The van der Waals surface area contributed by atoms with Crippen LogP contribution in [0, 0.1) is 5.92 Å². The number of rotatable bonds is 2. The molecule has 0 aliphatic carbocycles. The predicted molar refractivity (Wildman–Crippen MR) is 53.3 cm³/mol. The highest BCUT2D eigenvalue weighted by molar-refractivity contribution is 5.96. The maximum Gasteiger partial charge on any atom is 0.184 e. The fraction of sp³-hybridized carbons (Fsp3) is 0.545. The lowest BCUT2D eigenvalue weighted by Gasteiger charge is -2.20. The fourth-order valence-corrected chi connectivity index (χ4v) is 1.87. The van der Waals surface area contributed by atoms with Gasteiger partial charge in [-0.2, -0.15) is 0 Å². The van der Waals surface area contributed by atoms with Crippen LogP contribution < -0.4 is 0 Å². The van der Waals surface area contributed by atoms with E-state index in [0.29, 0.717) is 6.61 Å². The summed E-state index contributed by atoms with van der Waals surface area (Å²) >= 11 is 0. The van der Waals surface area contributed by atoms with Gasteiger partial charge in [-0.1, -0.05) is 0 Å². The highest BCUT2D eigenvalue weighted by Gasteiger charge is 2.24. The lowest BCUT2D eigenvalue weighted by molar-refractivity contribution is 0.0456. The minimum absolute atomic E-state index is 0.0670. The Morgan fingerprint density at radius 3 is 3.07 bits per heavy atom. The van der Waals surface area contributed by atoms with Gasteiger partial charge in [0, 0.05) is 25.8 Å². The van der Waals surface area contributed by atoms with Gasteiger partial charge in [-0.05, 0) is 25.0 Å². The van der Waals surface area contributed by atoms with Crippen LogP contribution >= 0.6 is 0 Å². The van der Waals surface area contributed by atoms with E-state index >= 15 is 0 Å². The molecule has 3 heteroatoms. The number of ketones is 1. The van der Waals surface area contributed by atoms with Gasteiger partial charge < -0.3 is 9.30 Å². The second-order valence-electron chi connectivity index (χ2n) is 3.78. The molecule has 0 radical (unpaired) electrons. The molecular formula is C11H15NO2. The van der Waals surface area contributed by atoms with Gasteiger partial charge in [-0.15, -0.1) is 0 Å². The second kappa shape index (κ2) is 3.96. The zero-order valence-corrected chi connectivity index (χ0v) is 8.40. The zero-order valence-electron chi connectivity index (χ0n) is 8.40. The number of hydrogen-bond acceptors (Lipinski definition) is 2. The van der Waals surface area contributed by atoms with Crippen molar-refractivity contribution in [3.63, 3.8) is 0 Å². The number of hydrogen-bond donors (Lipinski definition) is 0. The quantitative estimate of drug-likeness (QED) is 0.668. The second-order valence-corrected chi connectivity index (χ2v) is 3.78. The third-order valence-corrected chi connectivity index (χ3v) is 2.73. The minimum atomic E-state index is 0.0670. The maximum atomic E-state index is 12.0. The maximum absolute atomic E-state index is 12.0. The average molecular weight is 193 g/mol. The Morgan fingerprint density at radius 2 is 2.50 bits per heavy atom. The summed E-state index contributed by atoms with van der Waals surface area (Å²) in [5.41, 5.74) is 0.792. The summed E-state index contributed by atoms with van der Waals surface area (Å²) in [5.74, 6) is 0.287. The van der Waals surface area contributed by atoms with Gasteiger partial charge >= 0.3 is 0 Å². The molecule has 1 aromatic heterocycles. The van der Waals surface area contributed by atoms with Crippen LogP contribution in [0.3, 0.4) is 0 Å². The van der Waals surface area contributed by atoms with Gasteiger partial charge in [0.15, 0.2) is 5.78 Å². The molecule has 1 fully saturated rings. The molecular weight excluding hydrogens is 178 g/mol. The Kier molecular flexibility index (Phi) is 2.68. The molecule has 2 heterocycles. The van der Waals surface area contributed by atoms with E-state index in [-0.39, 0.29) is 11.7 Å². The van der Waals surface area contributed by atoms with Crippen LogP contribution in [-0.2, 0) is 11.8 Å². The molecule has 0 aromatic carbocycles. The van der Waals surface area contributed by atoms with Crippen LogP contribution in [0.5, 0.6) is 0 Å². The average Bonchev–Trinajstić information content (AvgIpc) is 2.65. The molecule has 1 aliphatic rings. The van der Waals surface area contributed by atoms with Gasteiger partial charge in [-0.3, -0.25) is 4.79 Å². The van der Waals surface area contributed by atoms with Crippen molar-refractivity contribution < 1.29 is 9.53 Å². The summed E-state index contributed by atoms with van der Waals surface area (Å²) in [6, 6.07) is 3.77. The molecule has 2 rings (SSSR count). The zero-order chi connectivity index (χ0) is 9.97. The number of aromatic nitrogens is 1. The molecule has 0 saturated carbocycles. The molecule has 1 aromatic rings. The number of ether oxygens (including phenoxy) is 1. The molecule has 0 spiro atoms. The number of Topliss-reactive ketones (excluding diaryl/α,β-unsaturated/α-hetero) is 1. The van der Waals surface area contributed by atoms with Crippen LogP contribution in [0.4, 0.5) is 0 Å². The smallest absolute Gasteiger partial charge is 0.184 e. The molecule has 1 aliphatic heterocycles. The highest BCUT2D eigenvalue weighted by Crippen LogP contribution is 2.18. The minimum Gasteiger partial charge on any atom is -0.381 e. The predicted octanol–water partition coefficient (Wildman–Crippen LogP) is 1.63. The number of carbonyl (C=O) groups is 1. The summed E-state index contributed by atoms with van der Waals surface area (Å²) in [5, 5.41) is 0. The van der Waals surface area contributed by atoms with Gasteiger partial charge in [0.05, 0.1) is 12.3 Å². The Balaban J connectivity index is 2.11. The Hall–Kier alpha value is -1.09. The van der Waals surface area contributed by atoms with Crippen LogP contribution in [-0.4, -0.2) is 23.6 Å². The fourth-order valence-electron chi connectivity index (χ4n) is 1.87. The molecule has 3 nitrogen and oxygen atoms in total. The number of carbonyl (C=O) groups excluding carboxylic acids is 1. The molecule has 14 heavy (non-hydrogen) atoms. The molecule has 76 valence electrons. The van der Waals surface area contributed by atoms with Gasteiger partial charge in [-0.25, -0.2) is 0 Å². The van der Waals surface area contributed by atoms with E-state index in [9.17, 15) is 4.79 Å². The summed E-state index contributed by atoms with van der Waals surface area (Å²) in [6.45, 7) is 1.39. The standard InChI is InChI=1S/C11H15NO2/c1-12-6-2-5-10(12)11(13)9-4-3-7-14-8-9/h2,5-6,9H,3-4,7-8H2,1H3. The summed E-state index contributed by atoms with van der Waals surface area (Å²) < 4.78 is 7.18. The first-order valence-electron chi connectivity index (χ1n) is 5.02. The topological polar surface area (TPSA) is 31.2 Å². The molecule has 0 amide bonds. The van der Waals surface area contributed by atoms with E-state index in [1.165, 1.54) is 0 Å². The first-order valence-corrected chi connectivity index (χ1v) is 5.02. The normalized spacial score (nSPS) is 22.2. The van der Waals surface area contributed by atoms with Crippen molar-refractivity contribution in [2.75, 3.05) is 13.2 Å². The first kappa shape index (κ1) is 9.46. The third kappa shape index (κ3) is 1.73. The van der Waals surface area contributed by atoms with E-state index < -0.39 is 0 Å². The monoisotopic (exact) mass is 193 g/mol.